The first-order valence-electron chi connectivity index (χ1n) is 10.8. The number of rotatable bonds is 3. The molecule has 0 fully saturated rings. The number of fused-ring (bicyclic) bond motifs is 1. The van der Waals surface area contributed by atoms with Crippen LogP contribution >= 0.6 is 0 Å². The molecule has 0 spiro atoms. The van der Waals surface area contributed by atoms with Crippen LogP contribution in [0, 0.1) is 0 Å². The molecule has 1 aromatic heterocycles. The molecule has 0 bridgehead atoms. The van der Waals surface area contributed by atoms with Gasteiger partial charge in [0, 0.05) is 16.5 Å². The zero-order valence-electron chi connectivity index (χ0n) is 19.0. The van der Waals surface area contributed by atoms with Crippen molar-refractivity contribution in [2.45, 2.75) is 45.8 Å². The minimum atomic E-state index is -1.68. The van der Waals surface area contributed by atoms with E-state index in [4.69, 9.17) is 4.98 Å². The molecule has 0 aliphatic heterocycles. The second-order valence-corrected chi connectivity index (χ2v) is 15.2. The normalized spacial score (nSPS) is 12.3. The zero-order chi connectivity index (χ0) is 21.5. The lowest BCUT2D eigenvalue weighted by Gasteiger charge is -2.26. The molecule has 0 aliphatic carbocycles. The number of aromatic nitrogens is 1. The average molecular weight is 410 g/mol. The number of hydrogen-bond donors (Lipinski definition) is 0. The van der Waals surface area contributed by atoms with Gasteiger partial charge < -0.3 is 0 Å². The highest BCUT2D eigenvalue weighted by Crippen LogP contribution is 2.35. The fourth-order valence-corrected chi connectivity index (χ4v) is 6.25. The summed E-state index contributed by atoms with van der Waals surface area (Å²) in [5, 5.41) is 2.79. The van der Waals surface area contributed by atoms with Gasteiger partial charge in [0.05, 0.1) is 19.3 Å². The van der Waals surface area contributed by atoms with Crippen molar-refractivity contribution in [1.29, 1.82) is 0 Å². The van der Waals surface area contributed by atoms with E-state index >= 15 is 0 Å². The Bertz CT molecular complexity index is 1190. The second-order valence-electron chi connectivity index (χ2n) is 10.2. The maximum Gasteiger partial charge on any atom is 0.0794 e. The molecule has 0 N–H and O–H groups in total. The molecule has 1 heterocycles. The summed E-state index contributed by atoms with van der Waals surface area (Å²) in [7, 11) is -1.68. The van der Waals surface area contributed by atoms with Gasteiger partial charge in [0.25, 0.3) is 0 Å². The van der Waals surface area contributed by atoms with Crippen molar-refractivity contribution in [2.75, 3.05) is 0 Å². The summed E-state index contributed by atoms with van der Waals surface area (Å²) in [6.45, 7) is 14.1. The van der Waals surface area contributed by atoms with Crippen LogP contribution in [0.1, 0.15) is 26.3 Å². The molecular formula is C28H31NSi. The SMILES string of the molecule is CC(C)(C)c1cccc(-c2nc3ccccc3c([Si](C)(C)C)c2-c2ccccc2)c1. The summed E-state index contributed by atoms with van der Waals surface area (Å²) in [4.78, 5) is 5.24. The van der Waals surface area contributed by atoms with Crippen molar-refractivity contribution < 1.29 is 0 Å². The quantitative estimate of drug-likeness (QED) is 0.321. The van der Waals surface area contributed by atoms with Gasteiger partial charge >= 0.3 is 0 Å². The van der Waals surface area contributed by atoms with E-state index in [0.29, 0.717) is 0 Å². The van der Waals surface area contributed by atoms with Crippen LogP contribution < -0.4 is 5.19 Å². The molecule has 2 heteroatoms. The monoisotopic (exact) mass is 409 g/mol. The van der Waals surface area contributed by atoms with Crippen LogP contribution in [-0.2, 0) is 5.41 Å². The van der Waals surface area contributed by atoms with E-state index in [1.807, 2.05) is 0 Å². The molecule has 0 atom stereocenters. The second kappa shape index (κ2) is 7.52. The molecule has 0 radical (unpaired) electrons. The van der Waals surface area contributed by atoms with Crippen molar-refractivity contribution in [3.8, 4) is 22.4 Å². The lowest BCUT2D eigenvalue weighted by Crippen LogP contribution is -2.40. The number of para-hydroxylation sites is 1. The van der Waals surface area contributed by atoms with Gasteiger partial charge in [-0.15, -0.1) is 0 Å². The van der Waals surface area contributed by atoms with Crippen LogP contribution in [0.5, 0.6) is 0 Å². The maximum absolute atomic E-state index is 5.24. The lowest BCUT2D eigenvalue weighted by atomic mass is 9.85. The Labute approximate surface area is 181 Å². The van der Waals surface area contributed by atoms with Gasteiger partial charge in [0.15, 0.2) is 0 Å². The highest BCUT2D eigenvalue weighted by atomic mass is 28.3. The van der Waals surface area contributed by atoms with Crippen LogP contribution in [0.2, 0.25) is 19.6 Å². The zero-order valence-corrected chi connectivity index (χ0v) is 20.0. The maximum atomic E-state index is 5.24. The summed E-state index contributed by atoms with van der Waals surface area (Å²) in [5.41, 5.74) is 7.38. The van der Waals surface area contributed by atoms with Crippen LogP contribution in [-0.4, -0.2) is 13.1 Å². The third-order valence-corrected chi connectivity index (χ3v) is 7.73. The van der Waals surface area contributed by atoms with Gasteiger partial charge in [-0.3, -0.25) is 0 Å². The molecule has 30 heavy (non-hydrogen) atoms. The fraction of sp³-hybridized carbons (Fsp3) is 0.250. The van der Waals surface area contributed by atoms with Crippen molar-refractivity contribution in [1.82, 2.24) is 4.98 Å². The highest BCUT2D eigenvalue weighted by Gasteiger charge is 2.27. The first-order valence-corrected chi connectivity index (χ1v) is 14.3. The largest absolute Gasteiger partial charge is 0.247 e. The molecule has 1 nitrogen and oxygen atoms in total. The summed E-state index contributed by atoms with van der Waals surface area (Å²) < 4.78 is 0. The highest BCUT2D eigenvalue weighted by molar-refractivity contribution is 6.91. The molecule has 4 rings (SSSR count). The van der Waals surface area contributed by atoms with Gasteiger partial charge in [-0.2, -0.15) is 0 Å². The van der Waals surface area contributed by atoms with E-state index in [0.717, 1.165) is 11.2 Å². The Kier molecular flexibility index (Phi) is 5.15. The summed E-state index contributed by atoms with van der Waals surface area (Å²) in [5.74, 6) is 0. The predicted octanol–water partition coefficient (Wildman–Crippen LogP) is 7.41. The molecule has 0 aliphatic rings. The van der Waals surface area contributed by atoms with Gasteiger partial charge in [-0.05, 0) is 33.9 Å². The van der Waals surface area contributed by atoms with Crippen molar-refractivity contribution in [3.63, 3.8) is 0 Å². The van der Waals surface area contributed by atoms with Crippen molar-refractivity contribution in [3.05, 3.63) is 84.4 Å². The number of benzene rings is 3. The molecular weight excluding hydrogens is 378 g/mol. The van der Waals surface area contributed by atoms with Crippen molar-refractivity contribution in [2.24, 2.45) is 0 Å². The lowest BCUT2D eigenvalue weighted by molar-refractivity contribution is 0.590. The van der Waals surface area contributed by atoms with E-state index in [9.17, 15) is 0 Å². The van der Waals surface area contributed by atoms with Gasteiger partial charge in [0.2, 0.25) is 0 Å². The van der Waals surface area contributed by atoms with Crippen LogP contribution in [0.15, 0.2) is 78.9 Å². The topological polar surface area (TPSA) is 12.9 Å². The van der Waals surface area contributed by atoms with Gasteiger partial charge in [-0.1, -0.05) is 107 Å². The first kappa shape index (κ1) is 20.6. The number of hydrogen-bond acceptors (Lipinski definition) is 1. The third kappa shape index (κ3) is 3.84. The van der Waals surface area contributed by atoms with E-state index in [2.05, 4.69) is 119 Å². The van der Waals surface area contributed by atoms with Crippen LogP contribution in [0.25, 0.3) is 33.3 Å². The molecule has 0 unspecified atom stereocenters. The first-order chi connectivity index (χ1) is 14.2. The van der Waals surface area contributed by atoms with E-state index in [1.54, 1.807) is 0 Å². The third-order valence-electron chi connectivity index (χ3n) is 5.71. The Morgan fingerprint density at radius 3 is 2.00 bits per heavy atom. The Hall–Kier alpha value is -2.71. The minimum absolute atomic E-state index is 0.0986. The van der Waals surface area contributed by atoms with Gasteiger partial charge in [0.1, 0.15) is 0 Å². The van der Waals surface area contributed by atoms with Crippen LogP contribution in [0.4, 0.5) is 0 Å². The van der Waals surface area contributed by atoms with Gasteiger partial charge in [-0.25, -0.2) is 4.98 Å². The Morgan fingerprint density at radius 2 is 1.33 bits per heavy atom. The molecule has 0 saturated carbocycles. The summed E-state index contributed by atoms with van der Waals surface area (Å²) in [6.07, 6.45) is 0. The fourth-order valence-electron chi connectivity index (χ4n) is 4.22. The summed E-state index contributed by atoms with van der Waals surface area (Å²) in [6, 6.07) is 28.4. The molecule has 0 saturated heterocycles. The number of pyridine rings is 1. The van der Waals surface area contributed by atoms with E-state index < -0.39 is 8.07 Å². The molecule has 4 aromatic rings. The molecule has 152 valence electrons. The minimum Gasteiger partial charge on any atom is -0.247 e. The molecule has 0 amide bonds. The Balaban J connectivity index is 2.15. The van der Waals surface area contributed by atoms with E-state index in [-0.39, 0.29) is 5.41 Å². The average Bonchev–Trinajstić information content (AvgIpc) is 2.71. The van der Waals surface area contributed by atoms with Crippen LogP contribution in [0.3, 0.4) is 0 Å². The molecule has 3 aromatic carbocycles. The standard InChI is InChI=1S/C28H31NSi/c1-28(2,3)22-16-12-15-21(19-22)26-25(20-13-8-7-9-14-20)27(30(4,5)6)23-17-10-11-18-24(23)29-26/h7-19H,1-6H3. The van der Waals surface area contributed by atoms with Crippen molar-refractivity contribution >= 4 is 24.2 Å². The summed E-state index contributed by atoms with van der Waals surface area (Å²) >= 11 is 0. The van der Waals surface area contributed by atoms with E-state index in [1.165, 1.54) is 32.8 Å². The number of nitrogens with zero attached hydrogens (tertiary/aromatic N) is 1. The predicted molar refractivity (Wildman–Crippen MR) is 134 cm³/mol. The smallest absolute Gasteiger partial charge is 0.0794 e. The Morgan fingerprint density at radius 1 is 0.700 bits per heavy atom.